The van der Waals surface area contributed by atoms with Crippen LogP contribution in [0, 0.1) is 0 Å². The van der Waals surface area contributed by atoms with Gasteiger partial charge in [0, 0.05) is 17.8 Å². The van der Waals surface area contributed by atoms with Crippen molar-refractivity contribution in [1.29, 1.82) is 0 Å². The van der Waals surface area contributed by atoms with E-state index in [4.69, 9.17) is 4.74 Å². The van der Waals surface area contributed by atoms with Crippen LogP contribution in [0.25, 0.3) is 0 Å². The number of rotatable bonds is 4. The summed E-state index contributed by atoms with van der Waals surface area (Å²) in [6.07, 6.45) is 0. The molecular weight excluding hydrogens is 284 g/mol. The Balaban J connectivity index is 2.14. The minimum absolute atomic E-state index is 0.147. The second kappa shape index (κ2) is 5.94. The molecule has 2 rings (SSSR count). The molecule has 0 N–H and O–H groups in total. The van der Waals surface area contributed by atoms with Crippen LogP contribution in [0.1, 0.15) is 27.8 Å². The van der Waals surface area contributed by atoms with E-state index in [0.717, 1.165) is 0 Å². The number of ether oxygens (including phenoxy) is 1. The largest absolute Gasteiger partial charge is 0.461 e. The molecular formula is C12H12N2O3S2. The van der Waals surface area contributed by atoms with Crippen LogP contribution in [-0.4, -0.2) is 30.5 Å². The van der Waals surface area contributed by atoms with E-state index in [1.165, 1.54) is 27.6 Å². The van der Waals surface area contributed by atoms with Crippen LogP contribution < -0.4 is 4.90 Å². The molecule has 0 aliphatic carbocycles. The van der Waals surface area contributed by atoms with E-state index in [1.54, 1.807) is 30.8 Å². The number of carbonyl (C=O) groups excluding carboxylic acids is 2. The third-order valence-electron chi connectivity index (χ3n) is 2.34. The molecule has 2 aromatic heterocycles. The van der Waals surface area contributed by atoms with Crippen molar-refractivity contribution < 1.29 is 14.3 Å². The first-order valence-electron chi connectivity index (χ1n) is 5.56. The Labute approximate surface area is 118 Å². The van der Waals surface area contributed by atoms with Crippen molar-refractivity contribution in [3.05, 3.63) is 33.5 Å². The summed E-state index contributed by atoms with van der Waals surface area (Å²) >= 11 is 2.69. The SMILES string of the molecule is CCOC(=O)c1csc(N(C)C(=O)c2ccsc2)n1. The molecule has 19 heavy (non-hydrogen) atoms. The van der Waals surface area contributed by atoms with Crippen molar-refractivity contribution in [3.8, 4) is 0 Å². The fourth-order valence-electron chi connectivity index (χ4n) is 1.38. The standard InChI is InChI=1S/C12H12N2O3S2/c1-3-17-11(16)9-7-19-12(13-9)14(2)10(15)8-4-5-18-6-8/h4-7H,3H2,1-2H3. The molecule has 0 unspecified atom stereocenters. The van der Waals surface area contributed by atoms with E-state index in [1.807, 2.05) is 5.38 Å². The highest BCUT2D eigenvalue weighted by Crippen LogP contribution is 2.22. The molecule has 0 bridgehead atoms. The van der Waals surface area contributed by atoms with E-state index >= 15 is 0 Å². The predicted molar refractivity (Wildman–Crippen MR) is 75.1 cm³/mol. The van der Waals surface area contributed by atoms with Crippen LogP contribution in [-0.2, 0) is 4.74 Å². The molecule has 7 heteroatoms. The highest BCUT2D eigenvalue weighted by atomic mass is 32.1. The Morgan fingerprint density at radius 2 is 2.21 bits per heavy atom. The average molecular weight is 296 g/mol. The minimum Gasteiger partial charge on any atom is -0.461 e. The number of amides is 1. The Morgan fingerprint density at radius 3 is 2.84 bits per heavy atom. The second-order valence-corrected chi connectivity index (χ2v) is 5.23. The molecule has 0 aliphatic heterocycles. The summed E-state index contributed by atoms with van der Waals surface area (Å²) in [5.41, 5.74) is 0.840. The maximum Gasteiger partial charge on any atom is 0.357 e. The summed E-state index contributed by atoms with van der Waals surface area (Å²) in [5.74, 6) is -0.618. The topological polar surface area (TPSA) is 59.5 Å². The molecule has 5 nitrogen and oxygen atoms in total. The number of thiazole rings is 1. The average Bonchev–Trinajstić information content (AvgIpc) is 3.08. The number of esters is 1. The van der Waals surface area contributed by atoms with Crippen molar-refractivity contribution in [2.45, 2.75) is 6.92 Å². The zero-order valence-electron chi connectivity index (χ0n) is 10.5. The first kappa shape index (κ1) is 13.7. The fraction of sp³-hybridized carbons (Fsp3) is 0.250. The number of hydrogen-bond acceptors (Lipinski definition) is 6. The van der Waals surface area contributed by atoms with E-state index in [-0.39, 0.29) is 11.6 Å². The molecule has 0 saturated heterocycles. The number of nitrogens with zero attached hydrogens (tertiary/aromatic N) is 2. The highest BCUT2D eigenvalue weighted by Gasteiger charge is 2.19. The quantitative estimate of drug-likeness (QED) is 0.814. The third kappa shape index (κ3) is 2.99. The van der Waals surface area contributed by atoms with Gasteiger partial charge in [0.1, 0.15) is 0 Å². The molecule has 0 spiro atoms. The first-order valence-corrected chi connectivity index (χ1v) is 7.38. The van der Waals surface area contributed by atoms with Crippen LogP contribution >= 0.6 is 22.7 Å². The zero-order chi connectivity index (χ0) is 13.8. The van der Waals surface area contributed by atoms with Crippen molar-refractivity contribution in [3.63, 3.8) is 0 Å². The lowest BCUT2D eigenvalue weighted by Gasteiger charge is -2.12. The highest BCUT2D eigenvalue weighted by molar-refractivity contribution is 7.14. The smallest absolute Gasteiger partial charge is 0.357 e. The van der Waals surface area contributed by atoms with Gasteiger partial charge in [0.25, 0.3) is 5.91 Å². The zero-order valence-corrected chi connectivity index (χ0v) is 12.1. The number of thiophene rings is 1. The molecule has 0 saturated carbocycles. The van der Waals surface area contributed by atoms with Gasteiger partial charge in [0.15, 0.2) is 10.8 Å². The molecule has 0 aromatic carbocycles. The normalized spacial score (nSPS) is 10.2. The Kier molecular flexibility index (Phi) is 4.28. The second-order valence-electron chi connectivity index (χ2n) is 3.61. The van der Waals surface area contributed by atoms with Gasteiger partial charge < -0.3 is 4.74 Å². The van der Waals surface area contributed by atoms with Gasteiger partial charge in [-0.1, -0.05) is 0 Å². The first-order chi connectivity index (χ1) is 9.13. The van der Waals surface area contributed by atoms with Gasteiger partial charge in [-0.3, -0.25) is 9.69 Å². The van der Waals surface area contributed by atoms with Crippen molar-refractivity contribution in [1.82, 2.24) is 4.98 Å². The van der Waals surface area contributed by atoms with Crippen LogP contribution in [0.3, 0.4) is 0 Å². The lowest BCUT2D eigenvalue weighted by molar-refractivity contribution is 0.0520. The van der Waals surface area contributed by atoms with Crippen molar-refractivity contribution in [2.75, 3.05) is 18.6 Å². The van der Waals surface area contributed by atoms with Gasteiger partial charge in [-0.05, 0) is 18.4 Å². The number of hydrogen-bond donors (Lipinski definition) is 0. The lowest BCUT2D eigenvalue weighted by atomic mass is 10.3. The maximum absolute atomic E-state index is 12.1. The number of carbonyl (C=O) groups is 2. The molecule has 100 valence electrons. The van der Waals surface area contributed by atoms with E-state index in [2.05, 4.69) is 4.98 Å². The fourth-order valence-corrected chi connectivity index (χ4v) is 2.77. The van der Waals surface area contributed by atoms with Gasteiger partial charge in [-0.25, -0.2) is 9.78 Å². The van der Waals surface area contributed by atoms with Gasteiger partial charge in [-0.2, -0.15) is 11.3 Å². The van der Waals surface area contributed by atoms with Gasteiger partial charge >= 0.3 is 5.97 Å². The van der Waals surface area contributed by atoms with Crippen molar-refractivity contribution >= 4 is 39.7 Å². The van der Waals surface area contributed by atoms with E-state index in [9.17, 15) is 9.59 Å². The Bertz CT molecular complexity index is 578. The summed E-state index contributed by atoms with van der Waals surface area (Å²) in [5, 5.41) is 5.68. The van der Waals surface area contributed by atoms with E-state index < -0.39 is 5.97 Å². The van der Waals surface area contributed by atoms with Gasteiger partial charge in [-0.15, -0.1) is 11.3 Å². The summed E-state index contributed by atoms with van der Waals surface area (Å²) < 4.78 is 4.86. The summed E-state index contributed by atoms with van der Waals surface area (Å²) in [7, 11) is 1.63. The number of anilines is 1. The molecule has 1 amide bonds. The predicted octanol–water partition coefficient (Wildman–Crippen LogP) is 2.66. The molecule has 0 fully saturated rings. The number of aromatic nitrogens is 1. The molecule has 0 radical (unpaired) electrons. The Morgan fingerprint density at radius 1 is 1.42 bits per heavy atom. The minimum atomic E-state index is -0.471. The monoisotopic (exact) mass is 296 g/mol. The van der Waals surface area contributed by atoms with Gasteiger partial charge in [0.05, 0.1) is 12.2 Å². The van der Waals surface area contributed by atoms with Crippen LogP contribution in [0.4, 0.5) is 5.13 Å². The lowest BCUT2D eigenvalue weighted by Crippen LogP contribution is -2.25. The summed E-state index contributed by atoms with van der Waals surface area (Å²) in [6, 6.07) is 1.75. The summed E-state index contributed by atoms with van der Waals surface area (Å²) in [6.45, 7) is 2.03. The van der Waals surface area contributed by atoms with Crippen LogP contribution in [0.5, 0.6) is 0 Å². The van der Waals surface area contributed by atoms with Gasteiger partial charge in [0.2, 0.25) is 0 Å². The molecule has 0 atom stereocenters. The summed E-state index contributed by atoms with van der Waals surface area (Å²) in [4.78, 5) is 29.1. The van der Waals surface area contributed by atoms with Crippen molar-refractivity contribution in [2.24, 2.45) is 0 Å². The van der Waals surface area contributed by atoms with Crippen LogP contribution in [0.2, 0.25) is 0 Å². The van der Waals surface area contributed by atoms with E-state index in [0.29, 0.717) is 17.3 Å². The van der Waals surface area contributed by atoms with Crippen LogP contribution in [0.15, 0.2) is 22.2 Å². The third-order valence-corrected chi connectivity index (χ3v) is 3.94. The maximum atomic E-state index is 12.1. The molecule has 0 aliphatic rings. The molecule has 2 heterocycles. The molecule has 2 aromatic rings. The Hall–Kier alpha value is -1.73.